The van der Waals surface area contributed by atoms with Gasteiger partial charge >= 0.3 is 0 Å². The zero-order chi connectivity index (χ0) is 19.8. The Kier molecular flexibility index (Phi) is 6.54. The highest BCUT2D eigenvalue weighted by molar-refractivity contribution is 6.30. The number of aromatic nitrogens is 1. The number of hydrogen-bond acceptors (Lipinski definition) is 3. The molecule has 5 nitrogen and oxygen atoms in total. The number of carbonyl (C=O) groups is 2. The van der Waals surface area contributed by atoms with Gasteiger partial charge in [0.05, 0.1) is 5.56 Å². The van der Waals surface area contributed by atoms with Crippen molar-refractivity contribution in [3.05, 3.63) is 101 Å². The van der Waals surface area contributed by atoms with Crippen LogP contribution in [0, 0.1) is 0 Å². The van der Waals surface area contributed by atoms with Gasteiger partial charge in [-0.05, 0) is 53.6 Å². The van der Waals surface area contributed by atoms with Crippen LogP contribution in [0.2, 0.25) is 5.02 Å². The number of nitrogens with zero attached hydrogens (tertiary/aromatic N) is 1. The molecule has 0 atom stereocenters. The molecule has 0 saturated carbocycles. The second-order valence-corrected chi connectivity index (χ2v) is 6.44. The van der Waals surface area contributed by atoms with Crippen molar-refractivity contribution in [2.24, 2.45) is 0 Å². The summed E-state index contributed by atoms with van der Waals surface area (Å²) in [5.74, 6) is -0.445. The number of rotatable bonds is 6. The van der Waals surface area contributed by atoms with Gasteiger partial charge < -0.3 is 10.6 Å². The average Bonchev–Trinajstić information content (AvgIpc) is 2.73. The van der Waals surface area contributed by atoms with Crippen LogP contribution < -0.4 is 10.6 Å². The van der Waals surface area contributed by atoms with Gasteiger partial charge in [-0.15, -0.1) is 0 Å². The van der Waals surface area contributed by atoms with E-state index in [9.17, 15) is 9.59 Å². The number of nitrogens with one attached hydrogen (secondary N) is 2. The lowest BCUT2D eigenvalue weighted by atomic mass is 10.2. The molecule has 3 rings (SSSR count). The molecule has 2 N–H and O–H groups in total. The number of anilines is 1. The molecule has 0 unspecified atom stereocenters. The maximum absolute atomic E-state index is 12.2. The molecule has 3 aromatic rings. The maximum Gasteiger partial charge on any atom is 0.257 e. The van der Waals surface area contributed by atoms with Gasteiger partial charge in [0.2, 0.25) is 5.91 Å². The minimum absolute atomic E-state index is 0.209. The first-order valence-electron chi connectivity index (χ1n) is 8.62. The van der Waals surface area contributed by atoms with Crippen molar-refractivity contribution in [2.75, 3.05) is 5.32 Å². The number of benzene rings is 2. The highest BCUT2D eigenvalue weighted by Gasteiger charge is 2.06. The van der Waals surface area contributed by atoms with Gasteiger partial charge in [0, 0.05) is 35.7 Å². The molecule has 0 aliphatic rings. The normalized spacial score (nSPS) is 10.6. The van der Waals surface area contributed by atoms with Crippen molar-refractivity contribution in [1.82, 2.24) is 10.3 Å². The van der Waals surface area contributed by atoms with Gasteiger partial charge in [0.1, 0.15) is 0 Å². The molecular formula is C22H18ClN3O2. The highest BCUT2D eigenvalue weighted by Crippen LogP contribution is 2.13. The number of amides is 2. The Balaban J connectivity index is 1.55. The first-order chi connectivity index (χ1) is 13.6. The lowest BCUT2D eigenvalue weighted by Gasteiger charge is -2.08. The van der Waals surface area contributed by atoms with Crippen LogP contribution in [0.5, 0.6) is 0 Å². The van der Waals surface area contributed by atoms with E-state index in [1.165, 1.54) is 12.3 Å². The fraction of sp³-hybridized carbons (Fsp3) is 0.0455. The van der Waals surface area contributed by atoms with Gasteiger partial charge in [0.25, 0.3) is 5.91 Å². The Hall–Kier alpha value is -3.44. The molecule has 0 saturated heterocycles. The molecule has 28 heavy (non-hydrogen) atoms. The van der Waals surface area contributed by atoms with Crippen LogP contribution in [-0.2, 0) is 11.3 Å². The zero-order valence-corrected chi connectivity index (χ0v) is 15.7. The lowest BCUT2D eigenvalue weighted by Crippen LogP contribution is -2.20. The summed E-state index contributed by atoms with van der Waals surface area (Å²) in [6, 6.07) is 17.9. The summed E-state index contributed by atoms with van der Waals surface area (Å²) in [4.78, 5) is 28.1. The summed E-state index contributed by atoms with van der Waals surface area (Å²) in [6.45, 7) is 0.348. The lowest BCUT2D eigenvalue weighted by molar-refractivity contribution is -0.116. The van der Waals surface area contributed by atoms with Gasteiger partial charge in [-0.25, -0.2) is 0 Å². The third-order valence-electron chi connectivity index (χ3n) is 3.87. The number of halogens is 1. The predicted octanol–water partition coefficient (Wildman–Crippen LogP) is 4.32. The van der Waals surface area contributed by atoms with Crippen molar-refractivity contribution in [1.29, 1.82) is 0 Å². The molecule has 0 fully saturated rings. The predicted molar refractivity (Wildman–Crippen MR) is 111 cm³/mol. The van der Waals surface area contributed by atoms with E-state index in [4.69, 9.17) is 11.6 Å². The zero-order valence-electron chi connectivity index (χ0n) is 14.9. The topological polar surface area (TPSA) is 71.1 Å². The summed E-state index contributed by atoms with van der Waals surface area (Å²) in [6.07, 6.45) is 6.31. The fourth-order valence-corrected chi connectivity index (χ4v) is 2.58. The molecule has 0 aliphatic heterocycles. The molecule has 0 spiro atoms. The van der Waals surface area contributed by atoms with E-state index < -0.39 is 0 Å². The van der Waals surface area contributed by atoms with Crippen molar-refractivity contribution < 1.29 is 9.59 Å². The minimum atomic E-state index is -0.236. The van der Waals surface area contributed by atoms with E-state index in [2.05, 4.69) is 15.6 Å². The molecule has 140 valence electrons. The van der Waals surface area contributed by atoms with Gasteiger partial charge in [-0.2, -0.15) is 0 Å². The molecule has 1 heterocycles. The van der Waals surface area contributed by atoms with Crippen LogP contribution in [0.4, 0.5) is 5.69 Å². The molecule has 6 heteroatoms. The summed E-state index contributed by atoms with van der Waals surface area (Å²) in [5, 5.41) is 6.29. The van der Waals surface area contributed by atoms with Crippen LogP contribution >= 0.6 is 11.6 Å². The van der Waals surface area contributed by atoms with E-state index in [0.717, 1.165) is 11.1 Å². The fourth-order valence-electron chi connectivity index (χ4n) is 2.45. The van der Waals surface area contributed by atoms with Crippen molar-refractivity contribution in [3.8, 4) is 0 Å². The molecule has 0 bridgehead atoms. The average molecular weight is 392 g/mol. The Morgan fingerprint density at radius 2 is 1.86 bits per heavy atom. The van der Waals surface area contributed by atoms with Gasteiger partial charge in [0.15, 0.2) is 0 Å². The number of pyridine rings is 1. The maximum atomic E-state index is 12.2. The quantitative estimate of drug-likeness (QED) is 0.615. The van der Waals surface area contributed by atoms with E-state index >= 15 is 0 Å². The van der Waals surface area contributed by atoms with E-state index in [1.54, 1.807) is 42.6 Å². The third kappa shape index (κ3) is 5.79. The number of carbonyl (C=O) groups excluding carboxylic acids is 2. The first-order valence-corrected chi connectivity index (χ1v) is 9.00. The Morgan fingerprint density at radius 1 is 1.04 bits per heavy atom. The van der Waals surface area contributed by atoms with Crippen molar-refractivity contribution >= 4 is 35.2 Å². The van der Waals surface area contributed by atoms with Gasteiger partial charge in [-0.3, -0.25) is 14.6 Å². The van der Waals surface area contributed by atoms with Crippen LogP contribution in [0.25, 0.3) is 6.08 Å². The second-order valence-electron chi connectivity index (χ2n) is 6.00. The van der Waals surface area contributed by atoms with Crippen LogP contribution in [0.3, 0.4) is 0 Å². The SMILES string of the molecule is O=C(/C=C/c1ccc(Cl)cc1)NCc1cccc(NC(=O)c2cccnc2)c1. The summed E-state index contributed by atoms with van der Waals surface area (Å²) < 4.78 is 0. The minimum Gasteiger partial charge on any atom is -0.348 e. The Labute approximate surface area is 168 Å². The third-order valence-corrected chi connectivity index (χ3v) is 4.12. The largest absolute Gasteiger partial charge is 0.348 e. The molecular weight excluding hydrogens is 374 g/mol. The second kappa shape index (κ2) is 9.48. The van der Waals surface area contributed by atoms with Crippen LogP contribution in [-0.4, -0.2) is 16.8 Å². The highest BCUT2D eigenvalue weighted by atomic mass is 35.5. The first kappa shape index (κ1) is 19.3. The molecule has 1 aromatic heterocycles. The standard InChI is InChI=1S/C22H18ClN3O2/c23-19-9-6-16(7-10-19)8-11-21(27)25-14-17-3-1-5-20(13-17)26-22(28)18-4-2-12-24-15-18/h1-13,15H,14H2,(H,25,27)(H,26,28)/b11-8+. The van der Waals surface area contributed by atoms with Crippen LogP contribution in [0.1, 0.15) is 21.5 Å². The van der Waals surface area contributed by atoms with E-state index in [-0.39, 0.29) is 11.8 Å². The van der Waals surface area contributed by atoms with Gasteiger partial charge in [-0.1, -0.05) is 35.9 Å². The monoisotopic (exact) mass is 391 g/mol. The molecule has 0 aliphatic carbocycles. The number of hydrogen-bond donors (Lipinski definition) is 2. The summed E-state index contributed by atoms with van der Waals surface area (Å²) in [5.41, 5.74) is 2.89. The molecule has 0 radical (unpaired) electrons. The summed E-state index contributed by atoms with van der Waals surface area (Å²) in [7, 11) is 0. The van der Waals surface area contributed by atoms with E-state index in [1.807, 2.05) is 30.3 Å². The van der Waals surface area contributed by atoms with Crippen molar-refractivity contribution in [3.63, 3.8) is 0 Å². The molecule has 2 aromatic carbocycles. The Morgan fingerprint density at radius 3 is 2.61 bits per heavy atom. The molecule has 2 amide bonds. The Bertz CT molecular complexity index is 986. The smallest absolute Gasteiger partial charge is 0.257 e. The van der Waals surface area contributed by atoms with Crippen LogP contribution in [0.15, 0.2) is 79.1 Å². The van der Waals surface area contributed by atoms with E-state index in [0.29, 0.717) is 22.8 Å². The summed E-state index contributed by atoms with van der Waals surface area (Å²) >= 11 is 5.84. The van der Waals surface area contributed by atoms with Crippen molar-refractivity contribution in [2.45, 2.75) is 6.54 Å².